The Hall–Kier alpha value is -1.44. The second-order valence-electron chi connectivity index (χ2n) is 6.31. The van der Waals surface area contributed by atoms with E-state index in [1.54, 1.807) is 0 Å². The lowest BCUT2D eigenvalue weighted by molar-refractivity contribution is -0.127. The lowest BCUT2D eigenvalue weighted by atomic mass is 9.83. The minimum absolute atomic E-state index is 0.126. The third-order valence-corrected chi connectivity index (χ3v) is 4.70. The highest BCUT2D eigenvalue weighted by molar-refractivity contribution is 6.02. The van der Waals surface area contributed by atoms with Gasteiger partial charge in [-0.3, -0.25) is 9.59 Å². The third kappa shape index (κ3) is 2.13. The maximum absolute atomic E-state index is 11.9. The van der Waals surface area contributed by atoms with E-state index in [1.807, 2.05) is 0 Å². The number of benzene rings is 1. The zero-order valence-corrected chi connectivity index (χ0v) is 11.8. The SMILES string of the molecule is Cc1cc(C)c(C2CC(=O)CC(=O)C3CC32)c(C)c1. The Balaban J connectivity index is 2.02. The Labute approximate surface area is 114 Å². The summed E-state index contributed by atoms with van der Waals surface area (Å²) >= 11 is 0. The standard InChI is InChI=1S/C17H20O2/c1-9-4-10(2)17(11(3)5-9)15-6-12(18)7-16(19)14-8-13(14)15/h4-5,13-15H,6-8H2,1-3H3. The van der Waals surface area contributed by atoms with Gasteiger partial charge in [-0.05, 0) is 55.7 Å². The number of rotatable bonds is 1. The maximum Gasteiger partial charge on any atom is 0.143 e. The molecule has 0 spiro atoms. The molecule has 3 unspecified atom stereocenters. The average molecular weight is 256 g/mol. The van der Waals surface area contributed by atoms with Crippen molar-refractivity contribution >= 4 is 11.6 Å². The van der Waals surface area contributed by atoms with Gasteiger partial charge in [-0.2, -0.15) is 0 Å². The van der Waals surface area contributed by atoms with Gasteiger partial charge >= 0.3 is 0 Å². The van der Waals surface area contributed by atoms with Gasteiger partial charge in [0.05, 0.1) is 6.42 Å². The van der Waals surface area contributed by atoms with Crippen LogP contribution in [-0.2, 0) is 9.59 Å². The molecule has 3 rings (SSSR count). The molecule has 1 aromatic rings. The second kappa shape index (κ2) is 4.29. The summed E-state index contributed by atoms with van der Waals surface area (Å²) in [5, 5.41) is 0. The lowest BCUT2D eigenvalue weighted by Gasteiger charge is -2.21. The largest absolute Gasteiger partial charge is 0.299 e. The van der Waals surface area contributed by atoms with E-state index < -0.39 is 0 Å². The van der Waals surface area contributed by atoms with E-state index in [2.05, 4.69) is 32.9 Å². The molecular weight excluding hydrogens is 236 g/mol. The van der Waals surface area contributed by atoms with Crippen LogP contribution in [-0.4, -0.2) is 11.6 Å². The van der Waals surface area contributed by atoms with Gasteiger partial charge in [0.1, 0.15) is 11.6 Å². The molecule has 2 fully saturated rings. The molecule has 0 N–H and O–H groups in total. The first-order valence-corrected chi connectivity index (χ1v) is 7.09. The molecule has 0 bridgehead atoms. The van der Waals surface area contributed by atoms with Crippen molar-refractivity contribution in [3.8, 4) is 0 Å². The highest BCUT2D eigenvalue weighted by Crippen LogP contribution is 2.54. The van der Waals surface area contributed by atoms with Crippen LogP contribution >= 0.6 is 0 Å². The fraction of sp³-hybridized carbons (Fsp3) is 0.529. The van der Waals surface area contributed by atoms with Crippen molar-refractivity contribution in [2.24, 2.45) is 11.8 Å². The van der Waals surface area contributed by atoms with Gasteiger partial charge in [0, 0.05) is 12.3 Å². The van der Waals surface area contributed by atoms with Crippen LogP contribution in [0.1, 0.15) is 47.4 Å². The van der Waals surface area contributed by atoms with Gasteiger partial charge < -0.3 is 0 Å². The normalized spacial score (nSPS) is 29.9. The van der Waals surface area contributed by atoms with Crippen LogP contribution < -0.4 is 0 Å². The van der Waals surface area contributed by atoms with Gasteiger partial charge in [0.2, 0.25) is 0 Å². The number of ketones is 2. The molecule has 2 nitrogen and oxygen atoms in total. The van der Waals surface area contributed by atoms with Crippen molar-refractivity contribution in [2.75, 3.05) is 0 Å². The molecule has 100 valence electrons. The zero-order valence-electron chi connectivity index (χ0n) is 11.8. The molecule has 1 aromatic carbocycles. The quantitative estimate of drug-likeness (QED) is 0.723. The fourth-order valence-electron chi connectivity index (χ4n) is 3.92. The molecular formula is C17H20O2. The molecule has 0 saturated heterocycles. The van der Waals surface area contributed by atoms with Crippen molar-refractivity contribution in [1.82, 2.24) is 0 Å². The first-order chi connectivity index (χ1) is 8.97. The molecule has 0 aliphatic heterocycles. The molecule has 0 amide bonds. The summed E-state index contributed by atoms with van der Waals surface area (Å²) in [5.41, 5.74) is 5.13. The first-order valence-electron chi connectivity index (χ1n) is 7.09. The Morgan fingerprint density at radius 2 is 1.63 bits per heavy atom. The molecule has 2 saturated carbocycles. The molecule has 3 atom stereocenters. The lowest BCUT2D eigenvalue weighted by Crippen LogP contribution is -2.11. The predicted molar refractivity (Wildman–Crippen MR) is 74.2 cm³/mol. The summed E-state index contributed by atoms with van der Waals surface area (Å²) in [6.07, 6.45) is 1.71. The van der Waals surface area contributed by atoms with Crippen LogP contribution in [0.5, 0.6) is 0 Å². The summed E-state index contributed by atoms with van der Waals surface area (Å²) in [6, 6.07) is 4.38. The molecule has 19 heavy (non-hydrogen) atoms. The highest BCUT2D eigenvalue weighted by Gasteiger charge is 2.51. The van der Waals surface area contributed by atoms with Crippen LogP contribution in [0.25, 0.3) is 0 Å². The van der Waals surface area contributed by atoms with Crippen LogP contribution in [0, 0.1) is 32.6 Å². The minimum atomic E-state index is 0.126. The molecule has 2 heteroatoms. The van der Waals surface area contributed by atoms with Crippen LogP contribution in [0.2, 0.25) is 0 Å². The van der Waals surface area contributed by atoms with Crippen molar-refractivity contribution in [1.29, 1.82) is 0 Å². The summed E-state index contributed by atoms with van der Waals surface area (Å²) in [5.74, 6) is 1.15. The van der Waals surface area contributed by atoms with Crippen molar-refractivity contribution in [3.63, 3.8) is 0 Å². The van der Waals surface area contributed by atoms with Gasteiger partial charge in [0.25, 0.3) is 0 Å². The number of hydrogen-bond donors (Lipinski definition) is 0. The van der Waals surface area contributed by atoms with E-state index in [0.29, 0.717) is 12.3 Å². The predicted octanol–water partition coefficient (Wildman–Crippen LogP) is 3.26. The first kappa shape index (κ1) is 12.6. The van der Waals surface area contributed by atoms with E-state index in [1.165, 1.54) is 22.3 Å². The number of hydrogen-bond acceptors (Lipinski definition) is 2. The molecule has 2 aliphatic carbocycles. The summed E-state index contributed by atoms with van der Waals surface area (Å²) in [7, 11) is 0. The van der Waals surface area contributed by atoms with Gasteiger partial charge in [-0.25, -0.2) is 0 Å². The summed E-state index contributed by atoms with van der Waals surface area (Å²) in [4.78, 5) is 23.8. The Morgan fingerprint density at radius 3 is 2.26 bits per heavy atom. The van der Waals surface area contributed by atoms with Gasteiger partial charge in [0.15, 0.2) is 0 Å². The Bertz CT molecular complexity index is 548. The smallest absolute Gasteiger partial charge is 0.143 e. The number of carbonyl (C=O) groups is 2. The second-order valence-corrected chi connectivity index (χ2v) is 6.31. The fourth-order valence-corrected chi connectivity index (χ4v) is 3.92. The molecule has 0 heterocycles. The van der Waals surface area contributed by atoms with Crippen molar-refractivity contribution in [3.05, 3.63) is 34.4 Å². The van der Waals surface area contributed by atoms with E-state index >= 15 is 0 Å². The zero-order chi connectivity index (χ0) is 13.7. The van der Waals surface area contributed by atoms with Gasteiger partial charge in [-0.1, -0.05) is 17.7 Å². The van der Waals surface area contributed by atoms with E-state index in [9.17, 15) is 9.59 Å². The average Bonchev–Trinajstić information content (AvgIpc) is 3.05. The minimum Gasteiger partial charge on any atom is -0.299 e. The maximum atomic E-state index is 11.9. The van der Waals surface area contributed by atoms with E-state index in [4.69, 9.17) is 0 Å². The number of aryl methyl sites for hydroxylation is 3. The Morgan fingerprint density at radius 1 is 1.00 bits per heavy atom. The number of Topliss-reactive ketones (excluding diaryl/α,β-unsaturated/α-hetero) is 2. The van der Waals surface area contributed by atoms with Crippen molar-refractivity contribution < 1.29 is 9.59 Å². The van der Waals surface area contributed by atoms with Crippen LogP contribution in [0.4, 0.5) is 0 Å². The van der Waals surface area contributed by atoms with E-state index in [-0.39, 0.29) is 29.8 Å². The molecule has 0 aromatic heterocycles. The van der Waals surface area contributed by atoms with Crippen LogP contribution in [0.15, 0.2) is 12.1 Å². The van der Waals surface area contributed by atoms with E-state index in [0.717, 1.165) is 6.42 Å². The summed E-state index contributed by atoms with van der Waals surface area (Å²) in [6.45, 7) is 6.36. The topological polar surface area (TPSA) is 34.1 Å². The molecule has 0 radical (unpaired) electrons. The molecule has 2 aliphatic rings. The monoisotopic (exact) mass is 256 g/mol. The third-order valence-electron chi connectivity index (χ3n) is 4.70. The highest BCUT2D eigenvalue weighted by atomic mass is 16.1. The van der Waals surface area contributed by atoms with Crippen LogP contribution in [0.3, 0.4) is 0 Å². The number of carbonyl (C=O) groups excluding carboxylic acids is 2. The Kier molecular flexibility index (Phi) is 2.84. The van der Waals surface area contributed by atoms with Crippen molar-refractivity contribution in [2.45, 2.75) is 46.0 Å². The van der Waals surface area contributed by atoms with Gasteiger partial charge in [-0.15, -0.1) is 0 Å². The summed E-state index contributed by atoms with van der Waals surface area (Å²) < 4.78 is 0. The number of fused-ring (bicyclic) bond motifs is 1.